The average molecular weight is 337 g/mol. The van der Waals surface area contributed by atoms with E-state index in [9.17, 15) is 9.59 Å². The molecule has 4 rings (SSSR count). The minimum absolute atomic E-state index is 0.00276. The zero-order valence-corrected chi connectivity index (χ0v) is 14.3. The molecule has 2 N–H and O–H groups in total. The van der Waals surface area contributed by atoms with Crippen molar-refractivity contribution in [2.45, 2.75) is 37.8 Å². The van der Waals surface area contributed by atoms with Crippen molar-refractivity contribution in [1.82, 2.24) is 15.5 Å². The van der Waals surface area contributed by atoms with Crippen molar-refractivity contribution in [3.05, 3.63) is 59.9 Å². The molecule has 4 atom stereocenters. The van der Waals surface area contributed by atoms with Gasteiger partial charge in [0.2, 0.25) is 11.8 Å². The fourth-order valence-corrected chi connectivity index (χ4v) is 4.35. The van der Waals surface area contributed by atoms with Crippen molar-refractivity contribution in [3.8, 4) is 0 Å². The van der Waals surface area contributed by atoms with Gasteiger partial charge in [-0.15, -0.1) is 0 Å². The maximum Gasteiger partial charge on any atom is 0.247 e. The number of rotatable bonds is 1. The van der Waals surface area contributed by atoms with Crippen LogP contribution in [-0.2, 0) is 9.59 Å². The SMILES string of the molecule is CC1=CNC(=O)C2C(c3ccccc3)C3CCCNC3C(=O)N2C=C1. The molecule has 4 unspecified atom stereocenters. The van der Waals surface area contributed by atoms with Crippen molar-refractivity contribution < 1.29 is 9.59 Å². The van der Waals surface area contributed by atoms with Gasteiger partial charge in [-0.1, -0.05) is 30.3 Å². The van der Waals surface area contributed by atoms with Crippen LogP contribution in [0.3, 0.4) is 0 Å². The van der Waals surface area contributed by atoms with E-state index in [1.165, 1.54) is 0 Å². The number of carbonyl (C=O) groups excluding carboxylic acids is 2. The van der Waals surface area contributed by atoms with E-state index in [1.54, 1.807) is 17.3 Å². The Morgan fingerprint density at radius 2 is 1.96 bits per heavy atom. The van der Waals surface area contributed by atoms with E-state index in [1.807, 2.05) is 31.2 Å². The second kappa shape index (κ2) is 6.48. The molecule has 2 fully saturated rings. The molecule has 3 aliphatic heterocycles. The fourth-order valence-electron chi connectivity index (χ4n) is 4.35. The van der Waals surface area contributed by atoms with E-state index < -0.39 is 6.04 Å². The maximum absolute atomic E-state index is 13.1. The van der Waals surface area contributed by atoms with E-state index in [0.29, 0.717) is 0 Å². The summed E-state index contributed by atoms with van der Waals surface area (Å²) in [4.78, 5) is 27.7. The molecule has 130 valence electrons. The number of benzene rings is 1. The smallest absolute Gasteiger partial charge is 0.247 e. The molecule has 0 spiro atoms. The summed E-state index contributed by atoms with van der Waals surface area (Å²) in [6.07, 6.45) is 7.36. The Morgan fingerprint density at radius 1 is 1.16 bits per heavy atom. The highest BCUT2D eigenvalue weighted by Gasteiger charge is 2.51. The molecule has 3 heterocycles. The lowest BCUT2D eigenvalue weighted by Crippen LogP contribution is -2.65. The van der Waals surface area contributed by atoms with Crippen molar-refractivity contribution in [1.29, 1.82) is 0 Å². The number of amides is 2. The van der Waals surface area contributed by atoms with Gasteiger partial charge in [-0.2, -0.15) is 0 Å². The maximum atomic E-state index is 13.1. The van der Waals surface area contributed by atoms with Gasteiger partial charge in [0.25, 0.3) is 0 Å². The first-order valence-corrected chi connectivity index (χ1v) is 8.92. The highest BCUT2D eigenvalue weighted by atomic mass is 16.2. The van der Waals surface area contributed by atoms with Crippen LogP contribution in [0.5, 0.6) is 0 Å². The molecule has 0 radical (unpaired) electrons. The zero-order valence-electron chi connectivity index (χ0n) is 14.3. The number of nitrogens with one attached hydrogen (secondary N) is 2. The summed E-state index contributed by atoms with van der Waals surface area (Å²) in [7, 11) is 0. The summed E-state index contributed by atoms with van der Waals surface area (Å²) in [5.41, 5.74) is 2.03. The van der Waals surface area contributed by atoms with Crippen LogP contribution in [0, 0.1) is 5.92 Å². The predicted octanol–water partition coefficient (Wildman–Crippen LogP) is 1.90. The molecule has 5 nitrogen and oxygen atoms in total. The first-order chi connectivity index (χ1) is 12.2. The molecule has 25 heavy (non-hydrogen) atoms. The van der Waals surface area contributed by atoms with Crippen LogP contribution in [0.25, 0.3) is 0 Å². The number of piperidine rings is 2. The second-order valence-corrected chi connectivity index (χ2v) is 7.08. The fraction of sp³-hybridized carbons (Fsp3) is 0.400. The Balaban J connectivity index is 1.83. The van der Waals surface area contributed by atoms with Crippen molar-refractivity contribution in [3.63, 3.8) is 0 Å². The molecule has 5 heteroatoms. The third-order valence-corrected chi connectivity index (χ3v) is 5.52. The highest BCUT2D eigenvalue weighted by molar-refractivity contribution is 5.94. The Kier molecular flexibility index (Phi) is 4.17. The molecule has 0 aromatic heterocycles. The third kappa shape index (κ3) is 2.78. The van der Waals surface area contributed by atoms with Gasteiger partial charge < -0.3 is 15.5 Å². The molecule has 3 aliphatic rings. The molecule has 0 aliphatic carbocycles. The summed E-state index contributed by atoms with van der Waals surface area (Å²) >= 11 is 0. The largest absolute Gasteiger partial charge is 0.331 e. The van der Waals surface area contributed by atoms with Gasteiger partial charge in [-0.25, -0.2) is 0 Å². The lowest BCUT2D eigenvalue weighted by Gasteiger charge is -2.49. The van der Waals surface area contributed by atoms with Crippen LogP contribution in [0.15, 0.2) is 54.4 Å². The van der Waals surface area contributed by atoms with Crippen LogP contribution >= 0.6 is 0 Å². The second-order valence-electron chi connectivity index (χ2n) is 7.08. The van der Waals surface area contributed by atoms with Gasteiger partial charge in [0.05, 0.1) is 6.04 Å². The third-order valence-electron chi connectivity index (χ3n) is 5.52. The van der Waals surface area contributed by atoms with Gasteiger partial charge in [0, 0.05) is 18.3 Å². The summed E-state index contributed by atoms with van der Waals surface area (Å²) in [5, 5.41) is 6.28. The van der Waals surface area contributed by atoms with Gasteiger partial charge in [0.15, 0.2) is 0 Å². The normalized spacial score (nSPS) is 32.0. The number of nitrogens with zero attached hydrogens (tertiary/aromatic N) is 1. The van der Waals surface area contributed by atoms with E-state index >= 15 is 0 Å². The van der Waals surface area contributed by atoms with Crippen LogP contribution in [0.2, 0.25) is 0 Å². The van der Waals surface area contributed by atoms with Crippen molar-refractivity contribution in [2.24, 2.45) is 5.92 Å². The van der Waals surface area contributed by atoms with E-state index in [4.69, 9.17) is 0 Å². The summed E-state index contributed by atoms with van der Waals surface area (Å²) in [5.74, 6) is -0.000355. The lowest BCUT2D eigenvalue weighted by atomic mass is 9.69. The Labute approximate surface area is 147 Å². The minimum atomic E-state index is -0.517. The quantitative estimate of drug-likeness (QED) is 0.823. The predicted molar refractivity (Wildman–Crippen MR) is 95.4 cm³/mol. The van der Waals surface area contributed by atoms with E-state index in [-0.39, 0.29) is 29.7 Å². The molecule has 1 aromatic carbocycles. The molecule has 0 bridgehead atoms. The molecule has 1 aromatic rings. The Bertz CT molecular complexity index is 741. The summed E-state index contributed by atoms with van der Waals surface area (Å²) in [6, 6.07) is 9.38. The van der Waals surface area contributed by atoms with Gasteiger partial charge in [-0.05, 0) is 49.4 Å². The van der Waals surface area contributed by atoms with Gasteiger partial charge >= 0.3 is 0 Å². The molecule has 2 amide bonds. The minimum Gasteiger partial charge on any atom is -0.331 e. The first-order valence-electron chi connectivity index (χ1n) is 8.92. The number of allylic oxidation sites excluding steroid dienone is 2. The van der Waals surface area contributed by atoms with E-state index in [0.717, 1.165) is 30.5 Å². The first kappa shape index (κ1) is 16.1. The number of hydrogen-bond acceptors (Lipinski definition) is 3. The lowest BCUT2D eigenvalue weighted by molar-refractivity contribution is -0.147. The standard InChI is InChI=1S/C20H23N3O2/c1-13-9-11-23-18(19(24)22-12-13)16(14-6-3-2-4-7-14)15-8-5-10-21-17(15)20(23)25/h2-4,6-7,9,11-12,15-18,21H,5,8,10H2,1H3,(H,22,24). The zero-order chi connectivity index (χ0) is 17.4. The van der Waals surface area contributed by atoms with Crippen LogP contribution in [0.1, 0.15) is 31.2 Å². The van der Waals surface area contributed by atoms with Crippen LogP contribution in [-0.4, -0.2) is 35.3 Å². The number of fused-ring (bicyclic) bond motifs is 2. The summed E-state index contributed by atoms with van der Waals surface area (Å²) < 4.78 is 0. The molecular weight excluding hydrogens is 314 g/mol. The van der Waals surface area contributed by atoms with Crippen LogP contribution in [0.4, 0.5) is 0 Å². The number of hydrogen-bond donors (Lipinski definition) is 2. The van der Waals surface area contributed by atoms with E-state index in [2.05, 4.69) is 22.8 Å². The van der Waals surface area contributed by atoms with Gasteiger partial charge in [-0.3, -0.25) is 9.59 Å². The average Bonchev–Trinajstić information content (AvgIpc) is 2.65. The monoisotopic (exact) mass is 337 g/mol. The molecule has 2 saturated heterocycles. The highest BCUT2D eigenvalue weighted by Crippen LogP contribution is 2.42. The Morgan fingerprint density at radius 3 is 2.76 bits per heavy atom. The summed E-state index contributed by atoms with van der Waals surface area (Å²) in [6.45, 7) is 2.75. The topological polar surface area (TPSA) is 61.4 Å². The number of carbonyl (C=O) groups is 2. The van der Waals surface area contributed by atoms with Crippen molar-refractivity contribution in [2.75, 3.05) is 6.54 Å². The molecule has 0 saturated carbocycles. The van der Waals surface area contributed by atoms with Crippen molar-refractivity contribution >= 4 is 11.8 Å². The Hall–Kier alpha value is -2.40. The van der Waals surface area contributed by atoms with Gasteiger partial charge in [0.1, 0.15) is 6.04 Å². The van der Waals surface area contributed by atoms with Crippen LogP contribution < -0.4 is 10.6 Å². The molecular formula is C20H23N3O2.